The van der Waals surface area contributed by atoms with Gasteiger partial charge in [-0.25, -0.2) is 9.50 Å². The standard InChI is InChI=1S/C22H21N7O/c30-22(27-18-5-1-2-6-20(18)28-12-9-23-10-13-28)19-7-11-29-21(26-19)17(15-25-29)16-4-3-8-24-14-16/h1-8,11,14-15,23H,9-10,12-13H2,(H,27,30). The predicted molar refractivity (Wildman–Crippen MR) is 116 cm³/mol. The Morgan fingerprint density at radius 2 is 1.90 bits per heavy atom. The largest absolute Gasteiger partial charge is 0.367 e. The minimum absolute atomic E-state index is 0.251. The zero-order chi connectivity index (χ0) is 20.3. The number of anilines is 2. The molecule has 0 unspecified atom stereocenters. The Labute approximate surface area is 173 Å². The van der Waals surface area contributed by atoms with Gasteiger partial charge in [0, 0.05) is 55.9 Å². The van der Waals surface area contributed by atoms with Gasteiger partial charge in [-0.05, 0) is 24.3 Å². The van der Waals surface area contributed by atoms with Crippen molar-refractivity contribution in [3.05, 3.63) is 72.9 Å². The van der Waals surface area contributed by atoms with Gasteiger partial charge >= 0.3 is 0 Å². The highest BCUT2D eigenvalue weighted by molar-refractivity contribution is 6.05. The quantitative estimate of drug-likeness (QED) is 0.548. The fourth-order valence-corrected chi connectivity index (χ4v) is 3.67. The van der Waals surface area contributed by atoms with Crippen LogP contribution in [-0.4, -0.2) is 51.7 Å². The molecule has 1 fully saturated rings. The van der Waals surface area contributed by atoms with Gasteiger partial charge in [-0.2, -0.15) is 5.10 Å². The van der Waals surface area contributed by atoms with Gasteiger partial charge in [0.25, 0.3) is 5.91 Å². The summed E-state index contributed by atoms with van der Waals surface area (Å²) in [7, 11) is 0. The first-order valence-electron chi connectivity index (χ1n) is 9.90. The Morgan fingerprint density at radius 1 is 1.03 bits per heavy atom. The molecule has 4 heterocycles. The van der Waals surface area contributed by atoms with Crippen LogP contribution in [0.2, 0.25) is 0 Å². The Kier molecular flexibility index (Phi) is 4.82. The van der Waals surface area contributed by atoms with Gasteiger partial charge < -0.3 is 15.5 Å². The van der Waals surface area contributed by atoms with Gasteiger partial charge in [0.05, 0.1) is 17.6 Å². The summed E-state index contributed by atoms with van der Waals surface area (Å²) < 4.78 is 1.66. The molecule has 3 aromatic heterocycles. The number of para-hydroxylation sites is 2. The van der Waals surface area contributed by atoms with E-state index in [9.17, 15) is 4.79 Å². The number of piperazine rings is 1. The third kappa shape index (κ3) is 3.48. The average molecular weight is 399 g/mol. The summed E-state index contributed by atoms with van der Waals surface area (Å²) in [5.74, 6) is -0.251. The monoisotopic (exact) mass is 399 g/mol. The van der Waals surface area contributed by atoms with Crippen molar-refractivity contribution in [1.82, 2.24) is 24.9 Å². The second-order valence-electron chi connectivity index (χ2n) is 7.09. The summed E-state index contributed by atoms with van der Waals surface area (Å²) in [5.41, 5.74) is 4.50. The van der Waals surface area contributed by atoms with E-state index >= 15 is 0 Å². The van der Waals surface area contributed by atoms with Crippen molar-refractivity contribution in [2.75, 3.05) is 36.4 Å². The number of fused-ring (bicyclic) bond motifs is 1. The molecular formula is C22H21N7O. The van der Waals surface area contributed by atoms with Crippen LogP contribution >= 0.6 is 0 Å². The highest BCUT2D eigenvalue weighted by Gasteiger charge is 2.17. The molecule has 8 heteroatoms. The van der Waals surface area contributed by atoms with Gasteiger partial charge in [-0.1, -0.05) is 18.2 Å². The zero-order valence-corrected chi connectivity index (χ0v) is 16.3. The number of aromatic nitrogens is 4. The Morgan fingerprint density at radius 3 is 2.73 bits per heavy atom. The first kappa shape index (κ1) is 18.3. The van der Waals surface area contributed by atoms with Crippen molar-refractivity contribution in [3.8, 4) is 11.1 Å². The number of hydrogen-bond acceptors (Lipinski definition) is 6. The number of pyridine rings is 1. The highest BCUT2D eigenvalue weighted by atomic mass is 16.1. The summed E-state index contributed by atoms with van der Waals surface area (Å²) >= 11 is 0. The van der Waals surface area contributed by atoms with Crippen LogP contribution in [0.1, 0.15) is 10.5 Å². The van der Waals surface area contributed by atoms with E-state index < -0.39 is 0 Å². The smallest absolute Gasteiger partial charge is 0.274 e. The summed E-state index contributed by atoms with van der Waals surface area (Å²) in [6.45, 7) is 3.67. The molecule has 1 saturated heterocycles. The Hall–Kier alpha value is -3.78. The van der Waals surface area contributed by atoms with Crippen molar-refractivity contribution >= 4 is 22.9 Å². The van der Waals surface area contributed by atoms with Crippen LogP contribution in [0.3, 0.4) is 0 Å². The van der Waals surface area contributed by atoms with E-state index in [1.165, 1.54) is 0 Å². The molecule has 0 bridgehead atoms. The molecule has 0 atom stereocenters. The molecular weight excluding hydrogens is 378 g/mol. The number of amides is 1. The molecule has 30 heavy (non-hydrogen) atoms. The maximum atomic E-state index is 13.0. The molecule has 5 rings (SSSR count). The topological polar surface area (TPSA) is 87.5 Å². The second-order valence-corrected chi connectivity index (χ2v) is 7.09. The summed E-state index contributed by atoms with van der Waals surface area (Å²) in [4.78, 5) is 24.0. The number of carbonyl (C=O) groups is 1. The molecule has 0 radical (unpaired) electrons. The Balaban J connectivity index is 1.45. The minimum atomic E-state index is -0.251. The molecule has 1 aliphatic rings. The molecule has 1 aliphatic heterocycles. The van der Waals surface area contributed by atoms with Crippen LogP contribution in [0.15, 0.2) is 67.3 Å². The second kappa shape index (κ2) is 7.92. The lowest BCUT2D eigenvalue weighted by Gasteiger charge is -2.31. The van der Waals surface area contributed by atoms with Crippen LogP contribution in [0.4, 0.5) is 11.4 Å². The molecule has 2 N–H and O–H groups in total. The first-order valence-corrected chi connectivity index (χ1v) is 9.90. The van der Waals surface area contributed by atoms with E-state index in [4.69, 9.17) is 0 Å². The number of hydrogen-bond donors (Lipinski definition) is 2. The lowest BCUT2D eigenvalue weighted by molar-refractivity contribution is 0.102. The van der Waals surface area contributed by atoms with Crippen molar-refractivity contribution in [3.63, 3.8) is 0 Å². The van der Waals surface area contributed by atoms with Crippen molar-refractivity contribution in [2.45, 2.75) is 0 Å². The SMILES string of the molecule is O=C(Nc1ccccc1N1CCNCC1)c1ccn2ncc(-c3cccnc3)c2n1. The third-order valence-corrected chi connectivity index (χ3v) is 5.18. The third-order valence-electron chi connectivity index (χ3n) is 5.18. The number of nitrogens with one attached hydrogen (secondary N) is 2. The van der Waals surface area contributed by atoms with Crippen molar-refractivity contribution in [2.24, 2.45) is 0 Å². The van der Waals surface area contributed by atoms with Crippen LogP contribution < -0.4 is 15.5 Å². The molecule has 8 nitrogen and oxygen atoms in total. The van der Waals surface area contributed by atoms with E-state index in [1.807, 2.05) is 36.4 Å². The van der Waals surface area contributed by atoms with Gasteiger partial charge in [-0.3, -0.25) is 9.78 Å². The van der Waals surface area contributed by atoms with Gasteiger partial charge in [0.1, 0.15) is 5.69 Å². The Bertz CT molecular complexity index is 1180. The fraction of sp³-hybridized carbons (Fsp3) is 0.182. The van der Waals surface area contributed by atoms with E-state index in [1.54, 1.807) is 35.4 Å². The lowest BCUT2D eigenvalue weighted by atomic mass is 10.1. The summed E-state index contributed by atoms with van der Waals surface area (Å²) in [5, 5.41) is 10.7. The molecule has 1 aromatic carbocycles. The lowest BCUT2D eigenvalue weighted by Crippen LogP contribution is -2.43. The minimum Gasteiger partial charge on any atom is -0.367 e. The van der Waals surface area contributed by atoms with E-state index in [0.717, 1.165) is 48.7 Å². The maximum Gasteiger partial charge on any atom is 0.274 e. The van der Waals surface area contributed by atoms with Crippen LogP contribution in [0, 0.1) is 0 Å². The molecule has 0 saturated carbocycles. The maximum absolute atomic E-state index is 13.0. The molecule has 1 amide bonds. The van der Waals surface area contributed by atoms with E-state index in [-0.39, 0.29) is 5.91 Å². The summed E-state index contributed by atoms with van der Waals surface area (Å²) in [6, 6.07) is 13.4. The van der Waals surface area contributed by atoms with Crippen LogP contribution in [0.5, 0.6) is 0 Å². The van der Waals surface area contributed by atoms with Crippen molar-refractivity contribution < 1.29 is 4.79 Å². The van der Waals surface area contributed by atoms with E-state index in [0.29, 0.717) is 11.3 Å². The number of rotatable bonds is 4. The summed E-state index contributed by atoms with van der Waals surface area (Å²) in [6.07, 6.45) is 6.96. The molecule has 0 aliphatic carbocycles. The number of benzene rings is 1. The van der Waals surface area contributed by atoms with E-state index in [2.05, 4.69) is 30.6 Å². The van der Waals surface area contributed by atoms with Crippen molar-refractivity contribution in [1.29, 1.82) is 0 Å². The van der Waals surface area contributed by atoms with Gasteiger partial charge in [0.2, 0.25) is 0 Å². The zero-order valence-electron chi connectivity index (χ0n) is 16.3. The first-order chi connectivity index (χ1) is 14.8. The molecule has 0 spiro atoms. The normalized spacial score (nSPS) is 14.1. The van der Waals surface area contributed by atoms with Gasteiger partial charge in [-0.15, -0.1) is 0 Å². The predicted octanol–water partition coefficient (Wildman–Crippen LogP) is 2.45. The number of nitrogens with zero attached hydrogens (tertiary/aromatic N) is 5. The van der Waals surface area contributed by atoms with Crippen LogP contribution in [0.25, 0.3) is 16.8 Å². The van der Waals surface area contributed by atoms with Crippen LogP contribution in [-0.2, 0) is 0 Å². The molecule has 150 valence electrons. The number of carbonyl (C=O) groups excluding carboxylic acids is 1. The fourth-order valence-electron chi connectivity index (χ4n) is 3.67. The highest BCUT2D eigenvalue weighted by Crippen LogP contribution is 2.27. The average Bonchev–Trinajstić information content (AvgIpc) is 3.24. The molecule has 4 aromatic rings. The van der Waals surface area contributed by atoms with Gasteiger partial charge in [0.15, 0.2) is 5.65 Å².